The summed E-state index contributed by atoms with van der Waals surface area (Å²) in [5, 5.41) is 2.56. The molecule has 1 N–H and O–H groups in total. The average Bonchev–Trinajstić information content (AvgIpc) is 2.01. The molecule has 0 spiro atoms. The molecule has 0 rings (SSSR count). The lowest BCUT2D eigenvalue weighted by Gasteiger charge is -2.08. The van der Waals surface area contributed by atoms with Crippen LogP contribution in [0.25, 0.3) is 0 Å². The molecule has 0 bridgehead atoms. The number of ether oxygens (including phenoxy) is 1. The summed E-state index contributed by atoms with van der Waals surface area (Å²) >= 11 is 0. The molecule has 0 fully saturated rings. The Morgan fingerprint density at radius 3 is 2.91 bits per heavy atom. The van der Waals surface area contributed by atoms with Crippen molar-refractivity contribution in [2.45, 2.75) is 6.92 Å². The summed E-state index contributed by atoms with van der Waals surface area (Å²) in [6.07, 6.45) is 4.84. The highest BCUT2D eigenvalue weighted by Crippen LogP contribution is 1.91. The van der Waals surface area contributed by atoms with Crippen molar-refractivity contribution in [3.05, 3.63) is 0 Å². The van der Waals surface area contributed by atoms with E-state index in [0.717, 1.165) is 0 Å². The molecule has 0 aromatic rings. The van der Waals surface area contributed by atoms with E-state index >= 15 is 0 Å². The van der Waals surface area contributed by atoms with Crippen LogP contribution in [-0.2, 0) is 9.53 Å². The average molecular weight is 155 g/mol. The monoisotopic (exact) mass is 155 g/mol. The molecule has 0 saturated carbocycles. The van der Waals surface area contributed by atoms with Gasteiger partial charge >= 0.3 is 0 Å². The lowest BCUT2D eigenvalue weighted by atomic mass is 10.2. The third-order valence-electron chi connectivity index (χ3n) is 1.19. The summed E-state index contributed by atoms with van der Waals surface area (Å²) in [6, 6.07) is 0. The number of rotatable bonds is 4. The van der Waals surface area contributed by atoms with Gasteiger partial charge in [-0.1, -0.05) is 6.92 Å². The summed E-state index contributed by atoms with van der Waals surface area (Å²) in [6.45, 7) is 3.17. The van der Waals surface area contributed by atoms with Crippen molar-refractivity contribution in [1.82, 2.24) is 5.32 Å². The Labute approximate surface area is 67.1 Å². The maximum atomic E-state index is 10.5. The summed E-state index contributed by atoms with van der Waals surface area (Å²) < 4.78 is 4.87. The number of terminal acetylenes is 1. The largest absolute Gasteiger partial charge is 0.384 e. The number of hydrogen-bond acceptors (Lipinski definition) is 2. The second-order valence-electron chi connectivity index (χ2n) is 2.41. The van der Waals surface area contributed by atoms with Crippen LogP contribution < -0.4 is 5.32 Å². The number of carbonyl (C=O) groups excluding carboxylic acids is 1. The number of hydrogen-bond donors (Lipinski definition) is 1. The fraction of sp³-hybridized carbons (Fsp3) is 0.625. The fourth-order valence-corrected chi connectivity index (χ4v) is 0.661. The minimum atomic E-state index is -0.368. The van der Waals surface area contributed by atoms with Crippen LogP contribution in [0.2, 0.25) is 0 Å². The lowest BCUT2D eigenvalue weighted by molar-refractivity contribution is -0.115. The molecule has 0 radical (unpaired) electrons. The molecule has 1 amide bonds. The molecule has 1 unspecified atom stereocenters. The molecule has 3 heteroatoms. The lowest BCUT2D eigenvalue weighted by Crippen LogP contribution is -2.28. The van der Waals surface area contributed by atoms with Gasteiger partial charge in [-0.25, -0.2) is 0 Å². The molecule has 0 heterocycles. The van der Waals surface area contributed by atoms with Crippen molar-refractivity contribution in [3.63, 3.8) is 0 Å². The van der Waals surface area contributed by atoms with E-state index in [1.165, 1.54) is 0 Å². The summed E-state index contributed by atoms with van der Waals surface area (Å²) in [5.74, 6) is 1.91. The number of nitrogens with one attached hydrogen (secondary N) is 1. The van der Waals surface area contributed by atoms with E-state index in [0.29, 0.717) is 19.1 Å². The van der Waals surface area contributed by atoms with Gasteiger partial charge in [-0.05, 0) is 11.8 Å². The van der Waals surface area contributed by atoms with E-state index < -0.39 is 0 Å². The van der Waals surface area contributed by atoms with Crippen molar-refractivity contribution < 1.29 is 9.53 Å². The third kappa shape index (κ3) is 5.43. The highest BCUT2D eigenvalue weighted by atomic mass is 16.5. The number of amides is 1. The first-order chi connectivity index (χ1) is 5.20. The minimum Gasteiger partial charge on any atom is -0.384 e. The Kier molecular flexibility index (Phi) is 5.22. The molecule has 0 saturated heterocycles. The molecule has 1 atom stereocenters. The molecule has 3 nitrogen and oxygen atoms in total. The standard InChI is InChI=1S/C8H13NO2/c1-4-8(10)9-5-7(2)6-11-3/h1,7H,5-6H2,2-3H3,(H,9,10). The van der Waals surface area contributed by atoms with Crippen LogP contribution in [-0.4, -0.2) is 26.2 Å². The van der Waals surface area contributed by atoms with Gasteiger partial charge in [0.25, 0.3) is 5.91 Å². The Bertz CT molecular complexity index is 160. The van der Waals surface area contributed by atoms with Crippen molar-refractivity contribution in [2.24, 2.45) is 5.92 Å². The van der Waals surface area contributed by atoms with Crippen molar-refractivity contribution >= 4 is 5.91 Å². The Balaban J connectivity index is 3.39. The van der Waals surface area contributed by atoms with Gasteiger partial charge in [-0.2, -0.15) is 0 Å². The van der Waals surface area contributed by atoms with Gasteiger partial charge in [0, 0.05) is 13.7 Å². The maximum absolute atomic E-state index is 10.5. The zero-order valence-electron chi connectivity index (χ0n) is 6.89. The number of carbonyl (C=O) groups is 1. The van der Waals surface area contributed by atoms with Gasteiger partial charge in [-0.3, -0.25) is 4.79 Å². The van der Waals surface area contributed by atoms with Gasteiger partial charge in [0.2, 0.25) is 0 Å². The molecule has 0 aliphatic heterocycles. The van der Waals surface area contributed by atoms with Gasteiger partial charge in [-0.15, -0.1) is 6.42 Å². The van der Waals surface area contributed by atoms with Crippen LogP contribution in [0.1, 0.15) is 6.92 Å². The summed E-state index contributed by atoms with van der Waals surface area (Å²) in [4.78, 5) is 10.5. The van der Waals surface area contributed by atoms with E-state index in [2.05, 4.69) is 5.32 Å². The second-order valence-corrected chi connectivity index (χ2v) is 2.41. The third-order valence-corrected chi connectivity index (χ3v) is 1.19. The first-order valence-corrected chi connectivity index (χ1v) is 3.44. The topological polar surface area (TPSA) is 38.3 Å². The SMILES string of the molecule is C#CC(=O)NCC(C)COC. The van der Waals surface area contributed by atoms with E-state index in [4.69, 9.17) is 11.2 Å². The molecule has 0 aromatic heterocycles. The van der Waals surface area contributed by atoms with E-state index in [1.54, 1.807) is 7.11 Å². The van der Waals surface area contributed by atoms with Crippen molar-refractivity contribution in [1.29, 1.82) is 0 Å². The van der Waals surface area contributed by atoms with Gasteiger partial charge in [0.1, 0.15) is 0 Å². The van der Waals surface area contributed by atoms with Gasteiger partial charge in [0.05, 0.1) is 6.61 Å². The fourth-order valence-electron chi connectivity index (χ4n) is 0.661. The van der Waals surface area contributed by atoms with Crippen LogP contribution in [0.5, 0.6) is 0 Å². The smallest absolute Gasteiger partial charge is 0.295 e. The first-order valence-electron chi connectivity index (χ1n) is 3.44. The second kappa shape index (κ2) is 5.75. The highest BCUT2D eigenvalue weighted by Gasteiger charge is 2.01. The molecular formula is C8H13NO2. The van der Waals surface area contributed by atoms with Gasteiger partial charge in [0.15, 0.2) is 0 Å². The van der Waals surface area contributed by atoms with Crippen molar-refractivity contribution in [3.8, 4) is 12.3 Å². The molecule has 11 heavy (non-hydrogen) atoms. The normalized spacial score (nSPS) is 11.7. The predicted molar refractivity (Wildman–Crippen MR) is 42.9 cm³/mol. The van der Waals surface area contributed by atoms with Crippen molar-refractivity contribution in [2.75, 3.05) is 20.3 Å². The minimum absolute atomic E-state index is 0.303. The molecule has 62 valence electrons. The molecule has 0 aliphatic rings. The maximum Gasteiger partial charge on any atom is 0.295 e. The first kappa shape index (κ1) is 9.99. The van der Waals surface area contributed by atoms with Crippen LogP contribution in [0, 0.1) is 18.3 Å². The van der Waals surface area contributed by atoms with Crippen LogP contribution in [0.4, 0.5) is 0 Å². The highest BCUT2D eigenvalue weighted by molar-refractivity contribution is 5.92. The Morgan fingerprint density at radius 2 is 2.45 bits per heavy atom. The van der Waals surface area contributed by atoms with Crippen LogP contribution in [0.15, 0.2) is 0 Å². The van der Waals surface area contributed by atoms with Gasteiger partial charge < -0.3 is 10.1 Å². The molecule has 0 aromatic carbocycles. The molecule has 0 aliphatic carbocycles. The summed E-state index contributed by atoms with van der Waals surface area (Å²) in [7, 11) is 1.62. The van der Waals surface area contributed by atoms with E-state index in [-0.39, 0.29) is 5.91 Å². The van der Waals surface area contributed by atoms with Crippen LogP contribution in [0.3, 0.4) is 0 Å². The molecular weight excluding hydrogens is 142 g/mol. The summed E-state index contributed by atoms with van der Waals surface area (Å²) in [5.41, 5.74) is 0. The van der Waals surface area contributed by atoms with E-state index in [1.807, 2.05) is 12.8 Å². The Hall–Kier alpha value is -1.01. The Morgan fingerprint density at radius 1 is 1.82 bits per heavy atom. The quantitative estimate of drug-likeness (QED) is 0.581. The number of methoxy groups -OCH3 is 1. The van der Waals surface area contributed by atoms with E-state index in [9.17, 15) is 4.79 Å². The predicted octanol–water partition coefficient (Wildman–Crippen LogP) is 0.0183. The van der Waals surface area contributed by atoms with Crippen LogP contribution >= 0.6 is 0 Å². The zero-order chi connectivity index (χ0) is 8.69. The zero-order valence-corrected chi connectivity index (χ0v) is 6.89.